The molecule has 0 bridgehead atoms. The van der Waals surface area contributed by atoms with Gasteiger partial charge in [0.05, 0.1) is 35.8 Å². The Bertz CT molecular complexity index is 691. The van der Waals surface area contributed by atoms with Gasteiger partial charge < -0.3 is 9.30 Å². The Balaban J connectivity index is 2.62. The van der Waals surface area contributed by atoms with Gasteiger partial charge in [-0.1, -0.05) is 0 Å². The molecule has 0 N–H and O–H groups in total. The number of imidazole rings is 1. The highest BCUT2D eigenvalue weighted by molar-refractivity contribution is 5.91. The number of hydrogen-bond acceptors (Lipinski definition) is 5. The van der Waals surface area contributed by atoms with Crippen molar-refractivity contribution in [3.8, 4) is 11.3 Å². The van der Waals surface area contributed by atoms with Gasteiger partial charge in [-0.3, -0.25) is 10.1 Å². The highest BCUT2D eigenvalue weighted by Crippen LogP contribution is 2.28. The van der Waals surface area contributed by atoms with Crippen LogP contribution in [-0.4, -0.2) is 27.6 Å². The molecule has 0 aliphatic heterocycles. The van der Waals surface area contributed by atoms with Crippen LogP contribution in [0.4, 0.5) is 5.69 Å². The van der Waals surface area contributed by atoms with Crippen LogP contribution < -0.4 is 0 Å². The average molecular weight is 289 g/mol. The van der Waals surface area contributed by atoms with Gasteiger partial charge in [-0.25, -0.2) is 9.78 Å². The van der Waals surface area contributed by atoms with Crippen molar-refractivity contribution >= 4 is 11.7 Å². The molecule has 0 aliphatic rings. The number of nitrogens with zero attached hydrogens (tertiary/aromatic N) is 3. The third-order valence-corrected chi connectivity index (χ3v) is 3.07. The van der Waals surface area contributed by atoms with Gasteiger partial charge in [0.1, 0.15) is 0 Å². The van der Waals surface area contributed by atoms with E-state index in [0.717, 1.165) is 0 Å². The number of nitro groups is 1. The molecule has 2 rings (SSSR count). The minimum Gasteiger partial charge on any atom is -0.465 e. The summed E-state index contributed by atoms with van der Waals surface area (Å²) in [6.07, 6.45) is 3.26. The number of nitro benzene ring substituents is 1. The number of benzene rings is 1. The molecule has 21 heavy (non-hydrogen) atoms. The Hall–Kier alpha value is -2.70. The van der Waals surface area contributed by atoms with E-state index in [-0.39, 0.29) is 17.3 Å². The van der Waals surface area contributed by atoms with Crippen LogP contribution in [0.1, 0.15) is 30.2 Å². The van der Waals surface area contributed by atoms with Crippen molar-refractivity contribution < 1.29 is 14.5 Å². The Morgan fingerprint density at radius 3 is 2.67 bits per heavy atom. The summed E-state index contributed by atoms with van der Waals surface area (Å²) >= 11 is 0. The lowest BCUT2D eigenvalue weighted by atomic mass is 10.1. The van der Waals surface area contributed by atoms with Crippen LogP contribution in [0.3, 0.4) is 0 Å². The van der Waals surface area contributed by atoms with E-state index in [0.29, 0.717) is 11.3 Å². The van der Waals surface area contributed by atoms with Crippen molar-refractivity contribution in [1.29, 1.82) is 0 Å². The van der Waals surface area contributed by atoms with Gasteiger partial charge in [0.25, 0.3) is 5.69 Å². The smallest absolute Gasteiger partial charge is 0.338 e. The Morgan fingerprint density at radius 2 is 2.10 bits per heavy atom. The topological polar surface area (TPSA) is 87.3 Å². The fourth-order valence-electron chi connectivity index (χ4n) is 2.04. The van der Waals surface area contributed by atoms with Crippen LogP contribution in [0, 0.1) is 10.1 Å². The van der Waals surface area contributed by atoms with Crippen molar-refractivity contribution in [3.63, 3.8) is 0 Å². The van der Waals surface area contributed by atoms with Crippen molar-refractivity contribution in [1.82, 2.24) is 9.55 Å². The van der Waals surface area contributed by atoms with Crippen LogP contribution in [0.2, 0.25) is 0 Å². The van der Waals surface area contributed by atoms with E-state index >= 15 is 0 Å². The Morgan fingerprint density at radius 1 is 1.38 bits per heavy atom. The molecule has 0 radical (unpaired) electrons. The molecule has 0 spiro atoms. The zero-order valence-electron chi connectivity index (χ0n) is 11.9. The number of rotatable bonds is 4. The minimum absolute atomic E-state index is 0.137. The average Bonchev–Trinajstić information content (AvgIpc) is 2.95. The quantitative estimate of drug-likeness (QED) is 0.490. The molecule has 0 saturated carbocycles. The maximum atomic E-state index is 11.7. The molecule has 0 saturated heterocycles. The summed E-state index contributed by atoms with van der Waals surface area (Å²) in [7, 11) is 1.24. The number of carbonyl (C=O) groups is 1. The van der Waals surface area contributed by atoms with E-state index in [1.54, 1.807) is 18.6 Å². The first-order valence-corrected chi connectivity index (χ1v) is 6.34. The van der Waals surface area contributed by atoms with Crippen molar-refractivity contribution in [2.75, 3.05) is 7.11 Å². The summed E-state index contributed by atoms with van der Waals surface area (Å²) in [5, 5.41) is 11.0. The minimum atomic E-state index is -0.615. The van der Waals surface area contributed by atoms with E-state index in [1.807, 2.05) is 18.4 Å². The number of aromatic nitrogens is 2. The highest BCUT2D eigenvalue weighted by Gasteiger charge is 2.18. The van der Waals surface area contributed by atoms with Crippen LogP contribution in [0.15, 0.2) is 30.7 Å². The van der Waals surface area contributed by atoms with Gasteiger partial charge in [-0.2, -0.15) is 0 Å². The van der Waals surface area contributed by atoms with Gasteiger partial charge in [-0.15, -0.1) is 0 Å². The molecule has 7 nitrogen and oxygen atoms in total. The lowest BCUT2D eigenvalue weighted by Gasteiger charge is -2.12. The Kier molecular flexibility index (Phi) is 4.02. The second-order valence-corrected chi connectivity index (χ2v) is 4.80. The molecular weight excluding hydrogens is 274 g/mol. The molecule has 1 aromatic heterocycles. The van der Waals surface area contributed by atoms with Gasteiger partial charge in [0.15, 0.2) is 0 Å². The summed E-state index contributed by atoms with van der Waals surface area (Å²) in [5.74, 6) is -0.615. The predicted molar refractivity (Wildman–Crippen MR) is 76.0 cm³/mol. The summed E-state index contributed by atoms with van der Waals surface area (Å²) in [6, 6.07) is 4.32. The standard InChI is InChI=1S/C14H15N3O4/c1-9(2)16-8-15-7-13(16)10-4-11(14(18)21-3)6-12(5-10)17(19)20/h4-9H,1-3H3. The number of hydrogen-bond donors (Lipinski definition) is 0. The maximum Gasteiger partial charge on any atom is 0.338 e. The summed E-state index contributed by atoms with van der Waals surface area (Å²) in [4.78, 5) is 26.2. The third kappa shape index (κ3) is 2.91. The summed E-state index contributed by atoms with van der Waals surface area (Å²) < 4.78 is 6.51. The van der Waals surface area contributed by atoms with E-state index < -0.39 is 10.9 Å². The first kappa shape index (κ1) is 14.7. The zero-order chi connectivity index (χ0) is 15.6. The van der Waals surface area contributed by atoms with Gasteiger partial charge in [0, 0.05) is 23.7 Å². The molecule has 0 atom stereocenters. The molecule has 1 aromatic carbocycles. The summed E-state index contributed by atoms with van der Waals surface area (Å²) in [6.45, 7) is 3.95. The normalized spacial score (nSPS) is 10.7. The monoisotopic (exact) mass is 289 g/mol. The molecule has 0 unspecified atom stereocenters. The lowest BCUT2D eigenvalue weighted by Crippen LogP contribution is -2.05. The van der Waals surface area contributed by atoms with Crippen molar-refractivity contribution in [2.45, 2.75) is 19.9 Å². The van der Waals surface area contributed by atoms with E-state index in [4.69, 9.17) is 0 Å². The molecular formula is C14H15N3O4. The van der Waals surface area contributed by atoms with E-state index in [9.17, 15) is 14.9 Å². The number of methoxy groups -OCH3 is 1. The van der Waals surface area contributed by atoms with Crippen LogP contribution in [0.25, 0.3) is 11.3 Å². The van der Waals surface area contributed by atoms with Crippen molar-refractivity contribution in [2.24, 2.45) is 0 Å². The number of ether oxygens (including phenoxy) is 1. The first-order valence-electron chi connectivity index (χ1n) is 6.34. The predicted octanol–water partition coefficient (Wildman–Crippen LogP) is 2.83. The number of carbonyl (C=O) groups excluding carboxylic acids is 1. The Labute approximate surface area is 121 Å². The molecule has 0 amide bonds. The second kappa shape index (κ2) is 5.74. The van der Waals surface area contributed by atoms with E-state index in [1.165, 1.54) is 19.2 Å². The number of esters is 1. The fraction of sp³-hybridized carbons (Fsp3) is 0.286. The van der Waals surface area contributed by atoms with Crippen LogP contribution in [-0.2, 0) is 4.74 Å². The maximum absolute atomic E-state index is 11.7. The SMILES string of the molecule is COC(=O)c1cc(-c2cncn2C(C)C)cc([N+](=O)[O-])c1. The molecule has 1 heterocycles. The number of non-ortho nitro benzene ring substituents is 1. The largest absolute Gasteiger partial charge is 0.465 e. The lowest BCUT2D eigenvalue weighted by molar-refractivity contribution is -0.384. The third-order valence-electron chi connectivity index (χ3n) is 3.07. The first-order chi connectivity index (χ1) is 9.93. The second-order valence-electron chi connectivity index (χ2n) is 4.80. The molecule has 0 fully saturated rings. The molecule has 2 aromatic rings. The highest BCUT2D eigenvalue weighted by atomic mass is 16.6. The molecule has 7 heteroatoms. The zero-order valence-corrected chi connectivity index (χ0v) is 11.9. The van der Waals surface area contributed by atoms with Crippen LogP contribution >= 0.6 is 0 Å². The molecule has 110 valence electrons. The van der Waals surface area contributed by atoms with Crippen molar-refractivity contribution in [3.05, 3.63) is 46.4 Å². The van der Waals surface area contributed by atoms with Gasteiger partial charge >= 0.3 is 5.97 Å². The molecule has 0 aliphatic carbocycles. The van der Waals surface area contributed by atoms with Crippen LogP contribution in [0.5, 0.6) is 0 Å². The van der Waals surface area contributed by atoms with Gasteiger partial charge in [0.2, 0.25) is 0 Å². The summed E-state index contributed by atoms with van der Waals surface area (Å²) in [5.41, 5.74) is 1.23. The van der Waals surface area contributed by atoms with E-state index in [2.05, 4.69) is 9.72 Å². The van der Waals surface area contributed by atoms with Gasteiger partial charge in [-0.05, 0) is 19.9 Å². The fourth-order valence-corrected chi connectivity index (χ4v) is 2.04.